The van der Waals surface area contributed by atoms with Gasteiger partial charge in [-0.3, -0.25) is 37.8 Å². The SMILES string of the molecule is CC/C=c1/cc2c(cc1C)=C(c1cc(C(=O)CCCNC(=O)c3cccc(OCC(N=[N+]=[N-])OCCOCC(=O)NCC#Cc4cn([C@H]5CC(OCN=[N+]=[N-])[C@@H](COP(=O)(O)OP(=O)(O)OP(C)(=O)O)O5)c(=O)[nH]c4=O)c3)ccc1C(=O)O)c1cc(C)c(CCC)cc1O2. The molecule has 0 radical (unpaired) electrons. The second-order valence-electron chi connectivity index (χ2n) is 21.0. The van der Waals surface area contributed by atoms with E-state index < -0.39 is 96.9 Å². The van der Waals surface area contributed by atoms with Crippen molar-refractivity contribution in [3.8, 4) is 29.1 Å². The lowest BCUT2D eigenvalue weighted by Gasteiger charge is -2.24. The van der Waals surface area contributed by atoms with Gasteiger partial charge in [-0.2, -0.15) is 4.31 Å². The number of aromatic amines is 1. The van der Waals surface area contributed by atoms with E-state index in [1.54, 1.807) is 24.3 Å². The highest BCUT2D eigenvalue weighted by Gasteiger charge is 2.43. The molecule has 7 N–H and O–H groups in total. The number of rotatable bonds is 33. The summed E-state index contributed by atoms with van der Waals surface area (Å²) in [4.78, 5) is 114. The van der Waals surface area contributed by atoms with Crippen molar-refractivity contribution < 1.29 is 94.2 Å². The van der Waals surface area contributed by atoms with E-state index in [1.807, 2.05) is 50.0 Å². The topological polar surface area (TPSA) is 460 Å². The van der Waals surface area contributed by atoms with Crippen LogP contribution in [0.2, 0.25) is 0 Å². The Labute approximate surface area is 535 Å². The molecule has 2 amide bonds. The van der Waals surface area contributed by atoms with E-state index in [9.17, 15) is 67.8 Å². The second kappa shape index (κ2) is 33.5. The van der Waals surface area contributed by atoms with Gasteiger partial charge in [-0.15, -0.1) is 0 Å². The lowest BCUT2D eigenvalue weighted by atomic mass is 9.85. The number of benzene rings is 4. The number of ketones is 1. The summed E-state index contributed by atoms with van der Waals surface area (Å²) in [6.07, 6.45) is 0.724. The molecule has 5 aromatic rings. The van der Waals surface area contributed by atoms with Crippen molar-refractivity contribution in [2.75, 3.05) is 59.5 Å². The maximum Gasteiger partial charge on any atom is 0.488 e. The van der Waals surface area contributed by atoms with Crippen molar-refractivity contribution in [3.63, 3.8) is 0 Å². The molecule has 94 heavy (non-hydrogen) atoms. The summed E-state index contributed by atoms with van der Waals surface area (Å²) in [6, 6.07) is 18.7. The fraction of sp³-hybridized carbons (Fsp3) is 0.390. The monoisotopic (exact) mass is 1360 g/mol. The number of hydrogen-bond donors (Lipinski definition) is 7. The van der Waals surface area contributed by atoms with Crippen LogP contribution in [0.4, 0.5) is 0 Å². The van der Waals surface area contributed by atoms with Crippen LogP contribution < -0.4 is 41.8 Å². The van der Waals surface area contributed by atoms with Crippen LogP contribution in [0.3, 0.4) is 0 Å². The Balaban J connectivity index is 0.859. The van der Waals surface area contributed by atoms with E-state index in [-0.39, 0.29) is 80.4 Å². The average Bonchev–Trinajstić information content (AvgIpc) is 0.862. The van der Waals surface area contributed by atoms with Crippen LogP contribution in [0, 0.1) is 25.7 Å². The van der Waals surface area contributed by atoms with E-state index in [0.29, 0.717) is 40.1 Å². The average molecular weight is 1360 g/mol. The lowest BCUT2D eigenvalue weighted by Crippen LogP contribution is -2.34. The minimum absolute atomic E-state index is 0.0247. The molecular formula is C59H67N10O22P3. The van der Waals surface area contributed by atoms with Crippen molar-refractivity contribution in [2.45, 2.75) is 90.9 Å². The first kappa shape index (κ1) is 72.9. The van der Waals surface area contributed by atoms with Crippen LogP contribution in [-0.4, -0.2) is 131 Å². The van der Waals surface area contributed by atoms with Crippen LogP contribution in [-0.2, 0) is 57.0 Å². The zero-order valence-corrected chi connectivity index (χ0v) is 54.0. The maximum atomic E-state index is 13.8. The number of aromatic carboxylic acids is 1. The van der Waals surface area contributed by atoms with Gasteiger partial charge in [0.25, 0.3) is 11.5 Å². The summed E-state index contributed by atoms with van der Waals surface area (Å²) >= 11 is 0. The van der Waals surface area contributed by atoms with Gasteiger partial charge in [0.2, 0.25) is 5.91 Å². The number of ether oxygens (including phenoxy) is 6. The Bertz CT molecular complexity index is 4270. The van der Waals surface area contributed by atoms with Crippen molar-refractivity contribution in [1.82, 2.24) is 20.2 Å². The van der Waals surface area contributed by atoms with Crippen molar-refractivity contribution in [3.05, 3.63) is 175 Å². The summed E-state index contributed by atoms with van der Waals surface area (Å²) < 4.78 is 83.7. The molecule has 2 aliphatic heterocycles. The van der Waals surface area contributed by atoms with E-state index in [4.69, 9.17) is 38.5 Å². The molecule has 2 aliphatic rings. The molecule has 1 aromatic heterocycles. The molecule has 0 spiro atoms. The molecule has 500 valence electrons. The highest BCUT2D eigenvalue weighted by molar-refractivity contribution is 7.68. The fourth-order valence-corrected chi connectivity index (χ4v) is 13.3. The highest BCUT2D eigenvalue weighted by atomic mass is 31.3. The molecule has 3 heterocycles. The number of carboxylic acid groups (broad SMARTS) is 1. The summed E-state index contributed by atoms with van der Waals surface area (Å²) in [5.74, 6) is 3.96. The number of nitrogens with zero attached hydrogens (tertiary/aromatic N) is 7. The number of aromatic nitrogens is 2. The standard InChI is InChI=1S/C59H67N10O22P3/c1-6-11-37-27-48-45(23-35(37)3)55(46-24-36(4)38(12-7-2)28-49(46)88-48)44-26-39(17-18-43(44)58(74)75)47(70)16-10-20-63-56(72)40-13-8-15-42(25-40)85-33-53(66-68-61)84-22-21-83-32-52(71)62-19-9-14-41-30-69(59(76)65-57(41)73)54-29-50(86-34-64-67-60)51(89-54)31-87-93(79,80)91-94(81,82)90-92(5,77)78/h8,11,13,15,17-18,23-28,30,50-51,53-54H,6-7,10,12,16,19-22,29,31-34H2,1-5H3,(H,62,71)(H,63,72)(H,74,75)(H,77,78)(H,79,80)(H,81,82)(H,65,73,76)/b37-11-/t50?,51-,53?,54-/m1/s1. The molecular weight excluding hydrogens is 1290 g/mol. The predicted molar refractivity (Wildman–Crippen MR) is 335 cm³/mol. The van der Waals surface area contributed by atoms with Gasteiger partial charge in [-0.25, -0.2) is 23.0 Å². The Morgan fingerprint density at radius 2 is 1.71 bits per heavy atom. The first-order chi connectivity index (χ1) is 44.7. The van der Waals surface area contributed by atoms with E-state index in [0.717, 1.165) is 57.5 Å². The number of phosphoric ester groups is 1. The fourth-order valence-electron chi connectivity index (χ4n) is 9.81. The van der Waals surface area contributed by atoms with Crippen LogP contribution in [0.25, 0.3) is 32.5 Å². The zero-order valence-electron chi connectivity index (χ0n) is 51.3. The van der Waals surface area contributed by atoms with Gasteiger partial charge in [0.15, 0.2) is 12.0 Å². The number of H-pyrrole nitrogens is 1. The third-order valence-electron chi connectivity index (χ3n) is 14.0. The Morgan fingerprint density at radius 1 is 0.926 bits per heavy atom. The largest absolute Gasteiger partial charge is 0.491 e. The first-order valence-electron chi connectivity index (χ1n) is 29.0. The van der Waals surface area contributed by atoms with Gasteiger partial charge in [0.1, 0.15) is 55.1 Å². The van der Waals surface area contributed by atoms with E-state index in [1.165, 1.54) is 18.2 Å². The third-order valence-corrected chi connectivity index (χ3v) is 18.1. The molecule has 35 heteroatoms. The molecule has 4 aromatic carbocycles. The molecule has 7 atom stereocenters. The number of Topliss-reactive ketones (excluding diaryl/α,β-unsaturated/α-hetero) is 1. The van der Waals surface area contributed by atoms with Crippen molar-refractivity contribution in [1.29, 1.82) is 0 Å². The number of azide groups is 2. The normalized spacial score (nSPS) is 17.2. The maximum absolute atomic E-state index is 13.8. The third kappa shape index (κ3) is 20.7. The highest BCUT2D eigenvalue weighted by Crippen LogP contribution is 2.66. The van der Waals surface area contributed by atoms with Crippen LogP contribution in [0.1, 0.15) is 117 Å². The minimum Gasteiger partial charge on any atom is -0.491 e. The van der Waals surface area contributed by atoms with Gasteiger partial charge >= 0.3 is 34.9 Å². The summed E-state index contributed by atoms with van der Waals surface area (Å²) in [5, 5.41) is 24.3. The smallest absolute Gasteiger partial charge is 0.488 e. The van der Waals surface area contributed by atoms with Crippen molar-refractivity contribution in [2.24, 2.45) is 10.2 Å². The number of carboxylic acids is 1. The van der Waals surface area contributed by atoms with Gasteiger partial charge in [-0.05, 0) is 126 Å². The Kier molecular flexibility index (Phi) is 26.0. The number of hydrogen-bond acceptors (Lipinski definition) is 20. The van der Waals surface area contributed by atoms with Crippen LogP contribution in [0.15, 0.2) is 92.7 Å². The number of aryl methyl sites for hydroxylation is 3. The predicted octanol–water partition coefficient (Wildman–Crippen LogP) is 6.96. The molecule has 0 saturated carbocycles. The van der Waals surface area contributed by atoms with Crippen LogP contribution in [0.5, 0.6) is 17.2 Å². The first-order valence-corrected chi connectivity index (χ1v) is 34.0. The number of phosphoric acid groups is 2. The van der Waals surface area contributed by atoms with Gasteiger partial charge in [-0.1, -0.05) is 60.5 Å². The zero-order chi connectivity index (χ0) is 68.3. The van der Waals surface area contributed by atoms with Gasteiger partial charge in [0, 0.05) is 69.6 Å². The summed E-state index contributed by atoms with van der Waals surface area (Å²) in [7, 11) is -15.8. The molecule has 0 bridgehead atoms. The lowest BCUT2D eigenvalue weighted by molar-refractivity contribution is -0.126. The molecule has 7 rings (SSSR count). The van der Waals surface area contributed by atoms with Gasteiger partial charge < -0.3 is 58.8 Å². The quantitative estimate of drug-likeness (QED) is 0.00416. The molecule has 1 saturated heterocycles. The van der Waals surface area contributed by atoms with Crippen molar-refractivity contribution >= 4 is 58.5 Å². The molecule has 1 fully saturated rings. The second-order valence-corrected chi connectivity index (χ2v) is 26.1. The Hall–Kier alpha value is -8.55. The number of nitrogens with one attached hydrogen (secondary N) is 3. The number of amides is 2. The minimum atomic E-state index is -5.62. The molecule has 5 unspecified atom stereocenters. The number of carbonyl (C=O) groups is 4. The molecule has 32 nitrogen and oxygen atoms in total. The van der Waals surface area contributed by atoms with Gasteiger partial charge in [0.05, 0.1) is 38.0 Å². The summed E-state index contributed by atoms with van der Waals surface area (Å²) in [6.45, 7) is 5.85. The Morgan fingerprint density at radius 3 is 2.44 bits per heavy atom. The number of carbonyl (C=O) groups excluding carboxylic acids is 3. The van der Waals surface area contributed by atoms with E-state index >= 15 is 0 Å². The number of fused-ring (bicyclic) bond motifs is 2. The van der Waals surface area contributed by atoms with Crippen LogP contribution >= 0.6 is 23.2 Å². The van der Waals surface area contributed by atoms with E-state index in [2.05, 4.69) is 64.1 Å². The summed E-state index contributed by atoms with van der Waals surface area (Å²) in [5.41, 5.74) is 21.1. The molecule has 0 aliphatic carbocycles.